The third-order valence-corrected chi connectivity index (χ3v) is 1.01. The van der Waals surface area contributed by atoms with E-state index in [1.54, 1.807) is 6.08 Å². The van der Waals surface area contributed by atoms with Crippen molar-refractivity contribution < 1.29 is 5.11 Å². The summed E-state index contributed by atoms with van der Waals surface area (Å²) in [6, 6.07) is 0. The van der Waals surface area contributed by atoms with Crippen molar-refractivity contribution in [1.29, 1.82) is 0 Å². The second-order valence-corrected chi connectivity index (χ2v) is 2.15. The molecule has 0 bridgehead atoms. The van der Waals surface area contributed by atoms with E-state index in [9.17, 15) is 0 Å². The predicted octanol–water partition coefficient (Wildman–Crippen LogP) is 1.89. The molecule has 1 nitrogen and oxygen atoms in total. The molecule has 1 N–H and O–H groups in total. The van der Waals surface area contributed by atoms with Crippen molar-refractivity contribution in [1.82, 2.24) is 0 Å². The fourth-order valence-electron chi connectivity index (χ4n) is 0.522. The maximum absolute atomic E-state index is 8.32. The van der Waals surface area contributed by atoms with E-state index in [2.05, 4.69) is 6.58 Å². The van der Waals surface area contributed by atoms with Gasteiger partial charge < -0.3 is 5.11 Å². The van der Waals surface area contributed by atoms with Crippen molar-refractivity contribution in [2.45, 2.75) is 19.8 Å². The van der Waals surface area contributed by atoms with Gasteiger partial charge in [0.15, 0.2) is 0 Å². The van der Waals surface area contributed by atoms with E-state index in [0.29, 0.717) is 0 Å². The molecule has 0 saturated heterocycles. The highest BCUT2D eigenvalue weighted by atomic mass is 16.2. The molecule has 0 aliphatic heterocycles. The van der Waals surface area contributed by atoms with Crippen LogP contribution in [0.15, 0.2) is 24.3 Å². The van der Waals surface area contributed by atoms with E-state index in [4.69, 9.17) is 5.11 Å². The van der Waals surface area contributed by atoms with Gasteiger partial charge >= 0.3 is 0 Å². The Hall–Kier alpha value is -0.560. The summed E-state index contributed by atoms with van der Waals surface area (Å²) < 4.78 is 0. The SMILES string of the molecule is C=C(C)CCC=CCO. The summed E-state index contributed by atoms with van der Waals surface area (Å²) >= 11 is 0. The first kappa shape index (κ1) is 8.44. The molecule has 0 amide bonds. The third kappa shape index (κ3) is 7.44. The first-order chi connectivity index (χ1) is 4.27. The topological polar surface area (TPSA) is 20.2 Å². The zero-order valence-corrected chi connectivity index (χ0v) is 5.93. The van der Waals surface area contributed by atoms with Gasteiger partial charge in [0.25, 0.3) is 0 Å². The number of allylic oxidation sites excluding steroid dienone is 2. The Balaban J connectivity index is 3.09. The highest BCUT2D eigenvalue weighted by Gasteiger charge is 1.80. The van der Waals surface area contributed by atoms with Crippen LogP contribution < -0.4 is 0 Å². The van der Waals surface area contributed by atoms with Gasteiger partial charge in [-0.05, 0) is 19.8 Å². The molecule has 0 aliphatic carbocycles. The van der Waals surface area contributed by atoms with Crippen LogP contribution in [-0.4, -0.2) is 11.7 Å². The van der Waals surface area contributed by atoms with Crippen LogP contribution in [0.4, 0.5) is 0 Å². The van der Waals surface area contributed by atoms with E-state index in [-0.39, 0.29) is 6.61 Å². The minimum atomic E-state index is 0.149. The number of aliphatic hydroxyl groups is 1. The largest absolute Gasteiger partial charge is 0.392 e. The standard InChI is InChI=1S/C8H14O/c1-8(2)6-4-3-5-7-9/h3,5,9H,1,4,6-7H2,2H3. The highest BCUT2D eigenvalue weighted by molar-refractivity contribution is 4.92. The molecule has 0 aromatic carbocycles. The molecule has 1 heteroatoms. The summed E-state index contributed by atoms with van der Waals surface area (Å²) in [4.78, 5) is 0. The van der Waals surface area contributed by atoms with Crippen molar-refractivity contribution in [2.75, 3.05) is 6.61 Å². The molecule has 52 valence electrons. The highest BCUT2D eigenvalue weighted by Crippen LogP contribution is 1.99. The van der Waals surface area contributed by atoms with Crippen LogP contribution in [0.5, 0.6) is 0 Å². The lowest BCUT2D eigenvalue weighted by atomic mass is 10.2. The molecule has 0 spiro atoms. The first-order valence-corrected chi connectivity index (χ1v) is 3.17. The molecule has 0 heterocycles. The lowest BCUT2D eigenvalue weighted by molar-refractivity contribution is 0.342. The van der Waals surface area contributed by atoms with Crippen molar-refractivity contribution >= 4 is 0 Å². The van der Waals surface area contributed by atoms with Crippen molar-refractivity contribution in [3.8, 4) is 0 Å². The lowest BCUT2D eigenvalue weighted by Gasteiger charge is -1.90. The zero-order chi connectivity index (χ0) is 7.11. The third-order valence-electron chi connectivity index (χ3n) is 1.01. The Labute approximate surface area is 56.7 Å². The molecule has 0 saturated carbocycles. The quantitative estimate of drug-likeness (QED) is 0.570. The molecular weight excluding hydrogens is 112 g/mol. The van der Waals surface area contributed by atoms with Crippen molar-refractivity contribution in [2.24, 2.45) is 0 Å². The summed E-state index contributed by atoms with van der Waals surface area (Å²) in [6.07, 6.45) is 5.74. The van der Waals surface area contributed by atoms with Crippen molar-refractivity contribution in [3.05, 3.63) is 24.3 Å². The van der Waals surface area contributed by atoms with Gasteiger partial charge in [-0.15, -0.1) is 6.58 Å². The summed E-state index contributed by atoms with van der Waals surface area (Å²) in [5, 5.41) is 8.32. The van der Waals surface area contributed by atoms with Gasteiger partial charge in [-0.1, -0.05) is 17.7 Å². The average molecular weight is 126 g/mol. The number of hydrogen-bond donors (Lipinski definition) is 1. The van der Waals surface area contributed by atoms with Gasteiger partial charge in [-0.3, -0.25) is 0 Å². The zero-order valence-electron chi connectivity index (χ0n) is 5.93. The monoisotopic (exact) mass is 126 g/mol. The number of aliphatic hydroxyl groups excluding tert-OH is 1. The minimum Gasteiger partial charge on any atom is -0.392 e. The summed E-state index contributed by atoms with van der Waals surface area (Å²) in [5.74, 6) is 0. The molecule has 0 aliphatic rings. The van der Waals surface area contributed by atoms with Gasteiger partial charge in [0, 0.05) is 0 Å². The lowest BCUT2D eigenvalue weighted by Crippen LogP contribution is -1.74. The van der Waals surface area contributed by atoms with Gasteiger partial charge in [-0.25, -0.2) is 0 Å². The van der Waals surface area contributed by atoms with Crippen LogP contribution in [0.1, 0.15) is 19.8 Å². The van der Waals surface area contributed by atoms with E-state index < -0.39 is 0 Å². The predicted molar refractivity (Wildman–Crippen MR) is 40.3 cm³/mol. The maximum Gasteiger partial charge on any atom is 0.0612 e. The van der Waals surface area contributed by atoms with Crippen LogP contribution in [0.25, 0.3) is 0 Å². The van der Waals surface area contributed by atoms with Gasteiger partial charge in [0.05, 0.1) is 6.61 Å². The van der Waals surface area contributed by atoms with E-state index >= 15 is 0 Å². The molecule has 0 unspecified atom stereocenters. The minimum absolute atomic E-state index is 0.149. The van der Waals surface area contributed by atoms with Gasteiger partial charge in [0.2, 0.25) is 0 Å². The Morgan fingerprint density at radius 1 is 1.56 bits per heavy atom. The molecule has 0 atom stereocenters. The van der Waals surface area contributed by atoms with Crippen molar-refractivity contribution in [3.63, 3.8) is 0 Å². The second-order valence-electron chi connectivity index (χ2n) is 2.15. The molecular formula is C8H14O. The Bertz CT molecular complexity index is 103. The number of rotatable bonds is 4. The molecule has 0 fully saturated rings. The van der Waals surface area contributed by atoms with Gasteiger partial charge in [0.1, 0.15) is 0 Å². The molecule has 0 aromatic heterocycles. The van der Waals surface area contributed by atoms with E-state index in [1.165, 1.54) is 5.57 Å². The summed E-state index contributed by atoms with van der Waals surface area (Å²) in [5.41, 5.74) is 1.19. The number of hydrogen-bond acceptors (Lipinski definition) is 1. The average Bonchev–Trinajstić information content (AvgIpc) is 1.80. The molecule has 0 rings (SSSR count). The normalized spacial score (nSPS) is 10.4. The fraction of sp³-hybridized carbons (Fsp3) is 0.500. The molecule has 9 heavy (non-hydrogen) atoms. The maximum atomic E-state index is 8.32. The van der Waals surface area contributed by atoms with Crippen LogP contribution in [-0.2, 0) is 0 Å². The Kier molecular flexibility index (Phi) is 5.23. The summed E-state index contributed by atoms with van der Waals surface area (Å²) in [6.45, 7) is 5.91. The molecule has 0 aromatic rings. The van der Waals surface area contributed by atoms with Crippen LogP contribution in [0.2, 0.25) is 0 Å². The van der Waals surface area contributed by atoms with Crippen LogP contribution in [0.3, 0.4) is 0 Å². The summed E-state index contributed by atoms with van der Waals surface area (Å²) in [7, 11) is 0. The van der Waals surface area contributed by atoms with Crippen LogP contribution in [0, 0.1) is 0 Å². The Morgan fingerprint density at radius 2 is 2.22 bits per heavy atom. The van der Waals surface area contributed by atoms with E-state index in [0.717, 1.165) is 12.8 Å². The fourth-order valence-corrected chi connectivity index (χ4v) is 0.522. The van der Waals surface area contributed by atoms with E-state index in [1.807, 2.05) is 13.0 Å². The molecule has 0 radical (unpaired) electrons. The van der Waals surface area contributed by atoms with Gasteiger partial charge in [-0.2, -0.15) is 0 Å². The Morgan fingerprint density at radius 3 is 2.67 bits per heavy atom. The first-order valence-electron chi connectivity index (χ1n) is 3.17. The van der Waals surface area contributed by atoms with Crippen LogP contribution >= 0.6 is 0 Å². The second kappa shape index (κ2) is 5.57. The smallest absolute Gasteiger partial charge is 0.0612 e.